The molecule has 0 atom stereocenters. The first-order valence-corrected chi connectivity index (χ1v) is 8.03. The third kappa shape index (κ3) is 4.71. The second-order valence-electron chi connectivity index (χ2n) is 6.81. The normalized spacial score (nSPS) is 11.1. The molecule has 2 amide bonds. The molecule has 128 valence electrons. The van der Waals surface area contributed by atoms with Crippen molar-refractivity contribution in [1.82, 2.24) is 4.90 Å². The van der Waals surface area contributed by atoms with Crippen LogP contribution in [0.25, 0.3) is 0 Å². The molecule has 0 aromatic heterocycles. The number of carbonyl (C=O) groups excluding carboxylic acids is 2. The minimum atomic E-state index is -0.483. The van der Waals surface area contributed by atoms with E-state index in [9.17, 15) is 9.59 Å². The fraction of sp³-hybridized carbons (Fsp3) is 0.556. The lowest BCUT2D eigenvalue weighted by Crippen LogP contribution is -2.32. The van der Waals surface area contributed by atoms with Crippen LogP contribution in [-0.4, -0.2) is 43.9 Å². The number of hydrogen-bond acceptors (Lipinski definition) is 3. The van der Waals surface area contributed by atoms with Gasteiger partial charge in [-0.1, -0.05) is 20.8 Å². The fourth-order valence-electron chi connectivity index (χ4n) is 2.17. The molecule has 0 spiro atoms. The summed E-state index contributed by atoms with van der Waals surface area (Å²) in [4.78, 5) is 28.6. The van der Waals surface area contributed by atoms with E-state index < -0.39 is 5.41 Å². The smallest absolute Gasteiger partial charge is 0.256 e. The molecule has 1 aromatic carbocycles. The molecule has 0 radical (unpaired) electrons. The number of benzene rings is 1. The van der Waals surface area contributed by atoms with Gasteiger partial charge >= 0.3 is 0 Å². The van der Waals surface area contributed by atoms with Crippen LogP contribution < -0.4 is 10.2 Å². The summed E-state index contributed by atoms with van der Waals surface area (Å²) in [5, 5.41) is 2.89. The van der Waals surface area contributed by atoms with Gasteiger partial charge in [0.15, 0.2) is 0 Å². The highest BCUT2D eigenvalue weighted by Gasteiger charge is 2.23. The maximum absolute atomic E-state index is 12.8. The van der Waals surface area contributed by atoms with Crippen molar-refractivity contribution < 1.29 is 9.59 Å². The van der Waals surface area contributed by atoms with Crippen molar-refractivity contribution in [1.29, 1.82) is 0 Å². The van der Waals surface area contributed by atoms with Gasteiger partial charge in [0.05, 0.1) is 5.56 Å². The van der Waals surface area contributed by atoms with Crippen LogP contribution in [0.3, 0.4) is 0 Å². The van der Waals surface area contributed by atoms with Crippen molar-refractivity contribution >= 4 is 23.2 Å². The first kappa shape index (κ1) is 19.0. The molecule has 5 nitrogen and oxygen atoms in total. The summed E-state index contributed by atoms with van der Waals surface area (Å²) in [6.07, 6.45) is 0. The summed E-state index contributed by atoms with van der Waals surface area (Å²) >= 11 is 0. The molecule has 5 heteroatoms. The number of nitrogens with one attached hydrogen (secondary N) is 1. The van der Waals surface area contributed by atoms with Gasteiger partial charge in [-0.25, -0.2) is 0 Å². The third-order valence-electron chi connectivity index (χ3n) is 3.70. The molecule has 23 heavy (non-hydrogen) atoms. The number of rotatable bonds is 5. The lowest BCUT2D eigenvalue weighted by atomic mass is 9.95. The Bertz CT molecular complexity index is 570. The van der Waals surface area contributed by atoms with Gasteiger partial charge in [-0.15, -0.1) is 0 Å². The number of carbonyl (C=O) groups is 2. The molecule has 0 heterocycles. The predicted molar refractivity (Wildman–Crippen MR) is 96.1 cm³/mol. The fourth-order valence-corrected chi connectivity index (χ4v) is 2.17. The van der Waals surface area contributed by atoms with E-state index in [0.29, 0.717) is 24.3 Å². The molecule has 0 unspecified atom stereocenters. The highest BCUT2D eigenvalue weighted by atomic mass is 16.2. The Morgan fingerprint density at radius 3 is 2.09 bits per heavy atom. The molecule has 0 saturated heterocycles. The van der Waals surface area contributed by atoms with Crippen molar-refractivity contribution in [2.75, 3.05) is 37.4 Å². The van der Waals surface area contributed by atoms with Crippen molar-refractivity contribution in [2.24, 2.45) is 5.41 Å². The molecule has 1 N–H and O–H groups in total. The van der Waals surface area contributed by atoms with E-state index in [1.54, 1.807) is 11.0 Å². The summed E-state index contributed by atoms with van der Waals surface area (Å²) in [7, 11) is 3.81. The van der Waals surface area contributed by atoms with E-state index in [1.807, 2.05) is 65.7 Å². The third-order valence-corrected chi connectivity index (χ3v) is 3.70. The Morgan fingerprint density at radius 2 is 1.65 bits per heavy atom. The number of anilines is 2. The monoisotopic (exact) mass is 319 g/mol. The molecule has 0 aliphatic carbocycles. The van der Waals surface area contributed by atoms with Crippen molar-refractivity contribution in [3.63, 3.8) is 0 Å². The summed E-state index contributed by atoms with van der Waals surface area (Å²) in [6.45, 7) is 10.8. The highest BCUT2D eigenvalue weighted by molar-refractivity contribution is 6.02. The Labute approximate surface area is 139 Å². The molecule has 0 aliphatic heterocycles. The number of hydrogen-bond donors (Lipinski definition) is 1. The highest BCUT2D eigenvalue weighted by Crippen LogP contribution is 2.26. The maximum Gasteiger partial charge on any atom is 0.256 e. The van der Waals surface area contributed by atoms with Crippen LogP contribution >= 0.6 is 0 Å². The average Bonchev–Trinajstić information content (AvgIpc) is 2.47. The van der Waals surface area contributed by atoms with E-state index in [4.69, 9.17) is 0 Å². The lowest BCUT2D eigenvalue weighted by molar-refractivity contribution is -0.123. The number of amides is 2. The molecule has 0 aliphatic rings. The minimum Gasteiger partial charge on any atom is -0.377 e. The first-order chi connectivity index (χ1) is 10.6. The molecular weight excluding hydrogens is 290 g/mol. The zero-order valence-electron chi connectivity index (χ0n) is 15.4. The molecule has 1 aromatic rings. The van der Waals surface area contributed by atoms with Crippen molar-refractivity contribution in [3.05, 3.63) is 23.8 Å². The van der Waals surface area contributed by atoms with Crippen LogP contribution in [0, 0.1) is 5.41 Å². The van der Waals surface area contributed by atoms with Crippen LogP contribution in [-0.2, 0) is 4.79 Å². The van der Waals surface area contributed by atoms with Gasteiger partial charge in [-0.3, -0.25) is 9.59 Å². The largest absolute Gasteiger partial charge is 0.377 e. The van der Waals surface area contributed by atoms with Gasteiger partial charge < -0.3 is 15.1 Å². The second-order valence-corrected chi connectivity index (χ2v) is 6.81. The zero-order chi connectivity index (χ0) is 17.8. The minimum absolute atomic E-state index is 0.0226. The Balaban J connectivity index is 3.23. The van der Waals surface area contributed by atoms with Gasteiger partial charge in [0.25, 0.3) is 5.91 Å². The Morgan fingerprint density at radius 1 is 1.09 bits per heavy atom. The van der Waals surface area contributed by atoms with Crippen LogP contribution in [0.1, 0.15) is 45.0 Å². The SMILES string of the molecule is CCN(CC)C(=O)c1cc(NC(=O)C(C)(C)C)ccc1N(C)C. The lowest BCUT2D eigenvalue weighted by Gasteiger charge is -2.24. The van der Waals surface area contributed by atoms with Crippen LogP contribution in [0.4, 0.5) is 11.4 Å². The quantitative estimate of drug-likeness (QED) is 0.906. The summed E-state index contributed by atoms with van der Waals surface area (Å²) < 4.78 is 0. The van der Waals surface area contributed by atoms with Gasteiger partial charge in [0, 0.05) is 44.0 Å². The summed E-state index contributed by atoms with van der Waals surface area (Å²) in [6, 6.07) is 5.46. The summed E-state index contributed by atoms with van der Waals surface area (Å²) in [5.41, 5.74) is 1.61. The van der Waals surface area contributed by atoms with Gasteiger partial charge in [-0.05, 0) is 32.0 Å². The number of nitrogens with zero attached hydrogens (tertiary/aromatic N) is 2. The molecule has 0 fully saturated rings. The maximum atomic E-state index is 12.8. The van der Waals surface area contributed by atoms with Crippen molar-refractivity contribution in [2.45, 2.75) is 34.6 Å². The van der Waals surface area contributed by atoms with E-state index in [2.05, 4.69) is 5.32 Å². The van der Waals surface area contributed by atoms with E-state index >= 15 is 0 Å². The average molecular weight is 319 g/mol. The molecular formula is C18H29N3O2. The predicted octanol–water partition coefficient (Wildman–Crippen LogP) is 3.22. The topological polar surface area (TPSA) is 52.7 Å². The molecule has 1 rings (SSSR count). The van der Waals surface area contributed by atoms with Crippen LogP contribution in [0.5, 0.6) is 0 Å². The standard InChI is InChI=1S/C18H29N3O2/c1-8-21(9-2)16(22)14-12-13(10-11-15(14)20(6)7)19-17(23)18(3,4)5/h10-12H,8-9H2,1-7H3,(H,19,23). The van der Waals surface area contributed by atoms with E-state index in [-0.39, 0.29) is 11.8 Å². The first-order valence-electron chi connectivity index (χ1n) is 8.03. The van der Waals surface area contributed by atoms with Gasteiger partial charge in [0.2, 0.25) is 5.91 Å². The van der Waals surface area contributed by atoms with Gasteiger partial charge in [0.1, 0.15) is 0 Å². The van der Waals surface area contributed by atoms with E-state index in [1.165, 1.54) is 0 Å². The van der Waals surface area contributed by atoms with Crippen molar-refractivity contribution in [3.8, 4) is 0 Å². The molecule has 0 saturated carbocycles. The van der Waals surface area contributed by atoms with Crippen LogP contribution in [0.2, 0.25) is 0 Å². The summed E-state index contributed by atoms with van der Waals surface area (Å²) in [5.74, 6) is -0.0955. The van der Waals surface area contributed by atoms with Crippen LogP contribution in [0.15, 0.2) is 18.2 Å². The van der Waals surface area contributed by atoms with Gasteiger partial charge in [-0.2, -0.15) is 0 Å². The zero-order valence-corrected chi connectivity index (χ0v) is 15.4. The Kier molecular flexibility index (Phi) is 6.19. The Hall–Kier alpha value is -2.04. The van der Waals surface area contributed by atoms with E-state index in [0.717, 1.165) is 5.69 Å². The molecule has 0 bridgehead atoms. The second kappa shape index (κ2) is 7.49.